The van der Waals surface area contributed by atoms with Gasteiger partial charge in [-0.1, -0.05) is 80.7 Å². The second kappa shape index (κ2) is 63.8. The van der Waals surface area contributed by atoms with Crippen molar-refractivity contribution in [1.82, 2.24) is 10.2 Å². The zero-order valence-corrected chi connectivity index (χ0v) is 12.4. The van der Waals surface area contributed by atoms with Crippen LogP contribution in [-0.2, 0) is 9.53 Å². The molecule has 27 heavy (non-hydrogen) atoms. The quantitative estimate of drug-likeness (QED) is 0.423. The fraction of sp³-hybridized carbons (Fsp3) is 0.955. The van der Waals surface area contributed by atoms with Crippen molar-refractivity contribution in [3.8, 4) is 0 Å². The first-order valence-corrected chi connectivity index (χ1v) is 6.71. The number of nitrogens with zero attached hydrogens (tertiary/aromatic N) is 1. The lowest BCUT2D eigenvalue weighted by Crippen LogP contribution is -2.23. The molecule has 0 heterocycles. The van der Waals surface area contributed by atoms with Crippen molar-refractivity contribution >= 4 is 5.97 Å². The van der Waals surface area contributed by atoms with Gasteiger partial charge in [-0.3, -0.25) is 4.79 Å². The summed E-state index contributed by atoms with van der Waals surface area (Å²) in [5.41, 5.74) is 0. The molecule has 182 valence electrons. The molecule has 0 bridgehead atoms. The van der Waals surface area contributed by atoms with E-state index in [-0.39, 0.29) is 86.0 Å². The largest absolute Gasteiger partial charge is 0.463 e. The monoisotopic (exact) mass is 407 g/mol. The summed E-state index contributed by atoms with van der Waals surface area (Å²) in [6.07, 6.45) is 2.72. The van der Waals surface area contributed by atoms with Crippen LogP contribution in [0.15, 0.2) is 0 Å². The highest BCUT2D eigenvalue weighted by molar-refractivity contribution is 5.69. The summed E-state index contributed by atoms with van der Waals surface area (Å²) < 4.78 is 4.70. The maximum absolute atomic E-state index is 11.0. The smallest absolute Gasteiger partial charge is 0.307 e. The van der Waals surface area contributed by atoms with Gasteiger partial charge < -0.3 is 20.1 Å². The summed E-state index contributed by atoms with van der Waals surface area (Å²) in [4.78, 5) is 13.0. The topological polar surface area (TPSA) is 61.8 Å². The molecule has 0 amide bonds. The van der Waals surface area contributed by atoms with Gasteiger partial charge in [-0.15, -0.1) is 0 Å². The maximum Gasteiger partial charge on any atom is 0.307 e. The fourth-order valence-corrected chi connectivity index (χ4v) is 1.26. The Hall–Kier alpha value is -0.650. The van der Waals surface area contributed by atoms with Gasteiger partial charge in [0.25, 0.3) is 0 Å². The van der Waals surface area contributed by atoms with E-state index < -0.39 is 0 Å². The highest BCUT2D eigenvalue weighted by atomic mass is 16.5. The van der Waals surface area contributed by atoms with Gasteiger partial charge in [0.2, 0.25) is 0 Å². The first kappa shape index (κ1) is 71.9. The summed E-state index contributed by atoms with van der Waals surface area (Å²) in [5, 5.41) is 11.4. The molecule has 0 aliphatic carbocycles. The van der Waals surface area contributed by atoms with Crippen molar-refractivity contribution < 1.29 is 14.6 Å². The molecule has 0 rings (SSSR count). The van der Waals surface area contributed by atoms with Gasteiger partial charge in [0, 0.05) is 6.54 Å². The van der Waals surface area contributed by atoms with Crippen molar-refractivity contribution in [2.75, 3.05) is 46.9 Å². The second-order valence-corrected chi connectivity index (χ2v) is 4.10. The Balaban J connectivity index is -0.0000000185. The molecule has 0 spiro atoms. The number of carbonyl (C=O) groups is 1. The molecular weight excluding hydrogens is 340 g/mol. The van der Waals surface area contributed by atoms with Gasteiger partial charge in [0.15, 0.2) is 0 Å². The van der Waals surface area contributed by atoms with Crippen LogP contribution in [0.3, 0.4) is 0 Å². The average molecular weight is 407 g/mol. The number of hydrogen-bond donors (Lipinski definition) is 2. The van der Waals surface area contributed by atoms with Crippen molar-refractivity contribution in [3.63, 3.8) is 0 Å². The third-order valence-electron chi connectivity index (χ3n) is 2.16. The van der Waals surface area contributed by atoms with Crippen LogP contribution < -0.4 is 5.32 Å². The Bertz CT molecular complexity index is 179. The molecule has 0 radical (unpaired) electrons. The van der Waals surface area contributed by atoms with Crippen LogP contribution in [0.4, 0.5) is 0 Å². The van der Waals surface area contributed by atoms with Crippen LogP contribution in [0, 0.1) is 0 Å². The minimum Gasteiger partial charge on any atom is -0.463 e. The molecule has 0 saturated carbocycles. The van der Waals surface area contributed by atoms with E-state index in [9.17, 15) is 4.79 Å². The highest BCUT2D eigenvalue weighted by Gasteiger charge is 2.04. The van der Waals surface area contributed by atoms with Gasteiger partial charge in [-0.05, 0) is 40.0 Å². The Morgan fingerprint density at radius 3 is 1.59 bits per heavy atom. The van der Waals surface area contributed by atoms with Crippen LogP contribution in [0.5, 0.6) is 0 Å². The number of carbonyl (C=O) groups excluding carboxylic acids is 1. The molecule has 0 unspecified atom stereocenters. The maximum atomic E-state index is 11.0. The molecule has 0 aromatic carbocycles. The number of esters is 1. The first-order chi connectivity index (χ1) is 8.62. The molecule has 5 nitrogen and oxygen atoms in total. The molecule has 2 N–H and O–H groups in total. The number of hydrogen-bond acceptors (Lipinski definition) is 5. The number of aliphatic hydroxyl groups is 1. The van der Waals surface area contributed by atoms with E-state index in [4.69, 9.17) is 9.84 Å². The molecule has 5 heteroatoms. The number of rotatable bonds is 9. The van der Waals surface area contributed by atoms with Crippen LogP contribution in [0.2, 0.25) is 0 Å². The van der Waals surface area contributed by atoms with Gasteiger partial charge in [0.1, 0.15) is 6.61 Å². The van der Waals surface area contributed by atoms with Crippen LogP contribution >= 0.6 is 0 Å². The van der Waals surface area contributed by atoms with Crippen molar-refractivity contribution in [2.24, 2.45) is 0 Å². The predicted octanol–water partition coefficient (Wildman–Crippen LogP) is 6.59. The van der Waals surface area contributed by atoms with E-state index in [0.29, 0.717) is 6.42 Å². The summed E-state index contributed by atoms with van der Waals surface area (Å²) in [6, 6.07) is 0. The SMILES string of the molecule is C.C.C.C.C.C.C.C.C.CCCN(C)CCC(=O)OCCO.CCCNC. The lowest BCUT2D eigenvalue weighted by atomic mass is 10.3. The van der Waals surface area contributed by atoms with Crippen molar-refractivity contribution in [1.29, 1.82) is 0 Å². The Labute approximate surface area is 178 Å². The van der Waals surface area contributed by atoms with Crippen LogP contribution in [-0.4, -0.2) is 62.9 Å². The summed E-state index contributed by atoms with van der Waals surface area (Å²) >= 11 is 0. The number of nitrogens with one attached hydrogen (secondary N) is 1. The van der Waals surface area contributed by atoms with E-state index in [1.54, 1.807) is 0 Å². The molecule has 0 aromatic heterocycles. The molecule has 0 aliphatic rings. The van der Waals surface area contributed by atoms with Gasteiger partial charge in [-0.25, -0.2) is 0 Å². The second-order valence-electron chi connectivity index (χ2n) is 4.10. The number of ether oxygens (including phenoxy) is 1. The first-order valence-electron chi connectivity index (χ1n) is 6.71. The Morgan fingerprint density at radius 1 is 0.889 bits per heavy atom. The van der Waals surface area contributed by atoms with E-state index in [2.05, 4.69) is 24.1 Å². The summed E-state index contributed by atoms with van der Waals surface area (Å²) in [6.45, 7) is 7.11. The Kier molecular flexibility index (Phi) is 170. The van der Waals surface area contributed by atoms with Crippen LogP contribution in [0.25, 0.3) is 0 Å². The summed E-state index contributed by atoms with van der Waals surface area (Å²) in [5.74, 6) is -0.239. The minimum atomic E-state index is -0.239. The molecular formula is C22H66N2O3. The standard InChI is InChI=1S/C9H19NO3.C4H11N.9CH4/c1-3-5-10(2)6-4-9(12)13-8-7-11;1-3-4-5-2;;;;;;;;;/h11H,3-8H2,1-2H3;5H,3-4H2,1-2H3;9*1H4. The normalized spacial score (nSPS) is 6.59. The zero-order chi connectivity index (χ0) is 14.2. The van der Waals surface area contributed by atoms with E-state index >= 15 is 0 Å². The molecule has 0 aliphatic heterocycles. The molecule has 0 atom stereocenters. The summed E-state index contributed by atoms with van der Waals surface area (Å²) in [7, 11) is 3.94. The molecule has 0 aromatic rings. The third kappa shape index (κ3) is 77.6. The molecule has 0 fully saturated rings. The van der Waals surface area contributed by atoms with E-state index in [1.807, 2.05) is 14.1 Å². The van der Waals surface area contributed by atoms with E-state index in [0.717, 1.165) is 26.1 Å². The zero-order valence-electron chi connectivity index (χ0n) is 12.4. The van der Waals surface area contributed by atoms with Crippen molar-refractivity contribution in [2.45, 2.75) is 99.9 Å². The van der Waals surface area contributed by atoms with Crippen LogP contribution in [0.1, 0.15) is 99.9 Å². The fourth-order valence-electron chi connectivity index (χ4n) is 1.26. The third-order valence-corrected chi connectivity index (χ3v) is 2.16. The highest BCUT2D eigenvalue weighted by Crippen LogP contribution is 1.92. The number of aliphatic hydroxyl groups excluding tert-OH is 1. The van der Waals surface area contributed by atoms with Gasteiger partial charge in [0.05, 0.1) is 13.0 Å². The lowest BCUT2D eigenvalue weighted by molar-refractivity contribution is -0.144. The van der Waals surface area contributed by atoms with E-state index in [1.165, 1.54) is 6.42 Å². The van der Waals surface area contributed by atoms with Gasteiger partial charge >= 0.3 is 5.97 Å². The predicted molar refractivity (Wildman–Crippen MR) is 135 cm³/mol. The van der Waals surface area contributed by atoms with Gasteiger partial charge in [-0.2, -0.15) is 0 Å². The Morgan fingerprint density at radius 2 is 1.33 bits per heavy atom. The molecule has 0 saturated heterocycles. The average Bonchev–Trinajstić information content (AvgIpc) is 2.36. The minimum absolute atomic E-state index is 0. The lowest BCUT2D eigenvalue weighted by Gasteiger charge is -2.14. The van der Waals surface area contributed by atoms with Crippen molar-refractivity contribution in [3.05, 3.63) is 0 Å².